The molecule has 0 saturated carbocycles. The van der Waals surface area contributed by atoms with E-state index in [2.05, 4.69) is 5.32 Å². The van der Waals surface area contributed by atoms with E-state index in [1.165, 1.54) is 30.3 Å². The maximum absolute atomic E-state index is 12.5. The average molecular weight is 417 g/mol. The second kappa shape index (κ2) is 8.75. The van der Waals surface area contributed by atoms with Crippen LogP contribution in [0.25, 0.3) is 17.4 Å². The maximum atomic E-state index is 12.5. The molecule has 2 N–H and O–H groups in total. The summed E-state index contributed by atoms with van der Waals surface area (Å²) < 4.78 is 5.62. The Labute approximate surface area is 176 Å². The molecule has 154 valence electrons. The molecule has 9 nitrogen and oxygen atoms in total. The molecule has 0 aliphatic rings. The van der Waals surface area contributed by atoms with Gasteiger partial charge in [-0.1, -0.05) is 18.2 Å². The normalized spacial score (nSPS) is 10.9. The second-order valence-electron chi connectivity index (χ2n) is 6.49. The van der Waals surface area contributed by atoms with Gasteiger partial charge in [-0.15, -0.1) is 0 Å². The van der Waals surface area contributed by atoms with Crippen LogP contribution in [0.4, 0.5) is 11.4 Å². The highest BCUT2D eigenvalue weighted by molar-refractivity contribution is 6.10. The van der Waals surface area contributed by atoms with Crippen molar-refractivity contribution in [2.75, 3.05) is 5.32 Å². The summed E-state index contributed by atoms with van der Waals surface area (Å²) in [5.41, 5.74) is 0.778. The summed E-state index contributed by atoms with van der Waals surface area (Å²) in [5.74, 6) is -1.25. The number of rotatable bonds is 6. The molecule has 3 rings (SSSR count). The van der Waals surface area contributed by atoms with Crippen LogP contribution in [0.1, 0.15) is 21.7 Å². The van der Waals surface area contributed by atoms with Gasteiger partial charge in [0.1, 0.15) is 28.9 Å². The summed E-state index contributed by atoms with van der Waals surface area (Å²) in [6.45, 7) is 1.68. The lowest BCUT2D eigenvalue weighted by molar-refractivity contribution is -0.384. The number of carboxylic acid groups (broad SMARTS) is 1. The van der Waals surface area contributed by atoms with Gasteiger partial charge in [-0.05, 0) is 42.8 Å². The van der Waals surface area contributed by atoms with Crippen LogP contribution in [0.3, 0.4) is 0 Å². The first-order chi connectivity index (χ1) is 14.8. The van der Waals surface area contributed by atoms with Gasteiger partial charge in [0.2, 0.25) is 0 Å². The molecule has 0 unspecified atom stereocenters. The molecule has 2 aromatic carbocycles. The van der Waals surface area contributed by atoms with Crippen molar-refractivity contribution < 1.29 is 24.0 Å². The predicted molar refractivity (Wildman–Crippen MR) is 111 cm³/mol. The minimum atomic E-state index is -1.05. The number of aryl methyl sites for hydroxylation is 1. The second-order valence-corrected chi connectivity index (χ2v) is 6.49. The van der Waals surface area contributed by atoms with Crippen LogP contribution >= 0.6 is 0 Å². The molecule has 3 aromatic rings. The van der Waals surface area contributed by atoms with Crippen LogP contribution in [-0.4, -0.2) is 21.9 Å². The van der Waals surface area contributed by atoms with Crippen LogP contribution < -0.4 is 5.32 Å². The number of nitrogens with one attached hydrogen (secondary N) is 1. The van der Waals surface area contributed by atoms with E-state index in [1.807, 2.05) is 0 Å². The number of aromatic carboxylic acids is 1. The van der Waals surface area contributed by atoms with Crippen LogP contribution in [0, 0.1) is 28.4 Å². The lowest BCUT2D eigenvalue weighted by atomic mass is 10.1. The number of carbonyl (C=O) groups is 2. The van der Waals surface area contributed by atoms with Crippen molar-refractivity contribution in [3.63, 3.8) is 0 Å². The van der Waals surface area contributed by atoms with Crippen molar-refractivity contribution in [2.24, 2.45) is 0 Å². The number of benzene rings is 2. The Balaban J connectivity index is 1.83. The Hall–Kier alpha value is -4.71. The summed E-state index contributed by atoms with van der Waals surface area (Å²) in [6.07, 6.45) is 1.21. The van der Waals surface area contributed by atoms with E-state index in [-0.39, 0.29) is 28.3 Å². The van der Waals surface area contributed by atoms with Crippen molar-refractivity contribution in [1.29, 1.82) is 5.26 Å². The maximum Gasteiger partial charge on any atom is 0.335 e. The quantitative estimate of drug-likeness (QED) is 0.261. The Bertz CT molecular complexity index is 1250. The van der Waals surface area contributed by atoms with E-state index < -0.39 is 16.8 Å². The lowest BCUT2D eigenvalue weighted by Crippen LogP contribution is -2.14. The van der Waals surface area contributed by atoms with Crippen molar-refractivity contribution in [1.82, 2.24) is 0 Å². The zero-order chi connectivity index (χ0) is 22.5. The third-order valence-corrected chi connectivity index (χ3v) is 4.29. The van der Waals surface area contributed by atoms with Crippen LogP contribution in [0.2, 0.25) is 0 Å². The van der Waals surface area contributed by atoms with Crippen LogP contribution in [0.15, 0.2) is 64.6 Å². The SMILES string of the molecule is Cc1ccc(NC(=O)/C(C#N)=C/c2ccc(-c3ccc(C(=O)O)cc3)o2)c([N+](=O)[O-])c1. The van der Waals surface area contributed by atoms with Crippen molar-refractivity contribution in [3.8, 4) is 17.4 Å². The van der Waals surface area contributed by atoms with Crippen LogP contribution in [0.5, 0.6) is 0 Å². The zero-order valence-electron chi connectivity index (χ0n) is 16.2. The summed E-state index contributed by atoms with van der Waals surface area (Å²) in [5, 5.41) is 31.9. The molecule has 31 heavy (non-hydrogen) atoms. The number of amides is 1. The van der Waals surface area contributed by atoms with Gasteiger partial charge in [0.05, 0.1) is 10.5 Å². The molecule has 0 radical (unpaired) electrons. The topological polar surface area (TPSA) is 146 Å². The van der Waals surface area contributed by atoms with Gasteiger partial charge in [0.25, 0.3) is 11.6 Å². The number of hydrogen-bond acceptors (Lipinski definition) is 6. The zero-order valence-corrected chi connectivity index (χ0v) is 16.2. The molecular formula is C22H15N3O6. The fraction of sp³-hybridized carbons (Fsp3) is 0.0455. The molecule has 0 saturated heterocycles. The molecule has 1 amide bonds. The molecule has 0 spiro atoms. The Morgan fingerprint density at radius 1 is 1.16 bits per heavy atom. The van der Waals surface area contributed by atoms with E-state index in [4.69, 9.17) is 9.52 Å². The first-order valence-corrected chi connectivity index (χ1v) is 8.90. The highest BCUT2D eigenvalue weighted by atomic mass is 16.6. The molecule has 0 aliphatic heterocycles. The number of nitrogens with zero attached hydrogens (tertiary/aromatic N) is 2. The van der Waals surface area contributed by atoms with Gasteiger partial charge in [-0.2, -0.15) is 5.26 Å². The van der Waals surface area contributed by atoms with Gasteiger partial charge in [-0.25, -0.2) is 4.79 Å². The van der Waals surface area contributed by atoms with E-state index in [9.17, 15) is 25.0 Å². The fourth-order valence-electron chi connectivity index (χ4n) is 2.74. The number of nitro benzene ring substituents is 1. The summed E-state index contributed by atoms with van der Waals surface area (Å²) >= 11 is 0. The van der Waals surface area contributed by atoms with Crippen molar-refractivity contribution >= 4 is 29.3 Å². The average Bonchev–Trinajstić information content (AvgIpc) is 3.21. The largest absolute Gasteiger partial charge is 0.478 e. The van der Waals surface area contributed by atoms with E-state index >= 15 is 0 Å². The summed E-state index contributed by atoms with van der Waals surface area (Å²) in [7, 11) is 0. The van der Waals surface area contributed by atoms with Crippen molar-refractivity contribution in [2.45, 2.75) is 6.92 Å². The fourth-order valence-corrected chi connectivity index (χ4v) is 2.74. The molecule has 0 atom stereocenters. The molecule has 0 fully saturated rings. The number of carbonyl (C=O) groups excluding carboxylic acids is 1. The van der Waals surface area contributed by atoms with Gasteiger partial charge in [-0.3, -0.25) is 14.9 Å². The Morgan fingerprint density at radius 2 is 1.87 bits per heavy atom. The van der Waals surface area contributed by atoms with Crippen LogP contribution in [-0.2, 0) is 4.79 Å². The first kappa shape index (κ1) is 21.0. The van der Waals surface area contributed by atoms with E-state index in [0.29, 0.717) is 16.9 Å². The molecule has 9 heteroatoms. The molecule has 0 bridgehead atoms. The number of furan rings is 1. The Kier molecular flexibility index (Phi) is 5.93. The highest BCUT2D eigenvalue weighted by Gasteiger charge is 2.18. The molecule has 1 aromatic heterocycles. The van der Waals surface area contributed by atoms with Gasteiger partial charge >= 0.3 is 5.97 Å². The third-order valence-electron chi connectivity index (χ3n) is 4.29. The monoisotopic (exact) mass is 417 g/mol. The smallest absolute Gasteiger partial charge is 0.335 e. The third kappa shape index (κ3) is 4.83. The highest BCUT2D eigenvalue weighted by Crippen LogP contribution is 2.27. The van der Waals surface area contributed by atoms with Crippen molar-refractivity contribution in [3.05, 3.63) is 87.2 Å². The molecule has 1 heterocycles. The predicted octanol–water partition coefficient (Wildman–Crippen LogP) is 4.41. The summed E-state index contributed by atoms with van der Waals surface area (Å²) in [6, 6.07) is 15.2. The molecule has 0 aliphatic carbocycles. The minimum absolute atomic E-state index is 0.0274. The number of nitriles is 1. The van der Waals surface area contributed by atoms with Gasteiger partial charge in [0, 0.05) is 17.7 Å². The number of carboxylic acids is 1. The first-order valence-electron chi connectivity index (χ1n) is 8.90. The van der Waals surface area contributed by atoms with Gasteiger partial charge in [0.15, 0.2) is 0 Å². The van der Waals surface area contributed by atoms with E-state index in [0.717, 1.165) is 0 Å². The Morgan fingerprint density at radius 3 is 2.48 bits per heavy atom. The molecular weight excluding hydrogens is 402 g/mol. The lowest BCUT2D eigenvalue weighted by Gasteiger charge is -2.06. The minimum Gasteiger partial charge on any atom is -0.478 e. The number of nitro groups is 1. The summed E-state index contributed by atoms with van der Waals surface area (Å²) in [4.78, 5) is 34.0. The van der Waals surface area contributed by atoms with E-state index in [1.54, 1.807) is 43.3 Å². The number of anilines is 1. The standard InChI is InChI=1S/C22H15N3O6/c1-13-2-8-18(19(10-13)25(29)30)24-21(26)16(12-23)11-17-7-9-20(31-17)14-3-5-15(6-4-14)22(27)28/h2-11H,1H3,(H,24,26)(H,27,28)/b16-11+. The number of hydrogen-bond donors (Lipinski definition) is 2. The van der Waals surface area contributed by atoms with Gasteiger partial charge < -0.3 is 14.8 Å².